The SMILES string of the molecule is COC(=O)/C=C/c1ccc(C2CCCN2CCc2cn(-c3cccc(C(F)(F)F)c3)nc2-c2ccccc2)cc1. The van der Waals surface area contributed by atoms with Crippen molar-refractivity contribution in [3.63, 3.8) is 0 Å². The van der Waals surface area contributed by atoms with Gasteiger partial charge in [-0.15, -0.1) is 0 Å². The molecule has 5 nitrogen and oxygen atoms in total. The van der Waals surface area contributed by atoms with Crippen LogP contribution in [0.1, 0.15) is 41.1 Å². The van der Waals surface area contributed by atoms with Crippen molar-refractivity contribution in [2.24, 2.45) is 0 Å². The molecule has 1 fully saturated rings. The van der Waals surface area contributed by atoms with Gasteiger partial charge in [0.25, 0.3) is 0 Å². The minimum atomic E-state index is -4.42. The lowest BCUT2D eigenvalue weighted by molar-refractivity contribution is -0.137. The van der Waals surface area contributed by atoms with E-state index in [0.29, 0.717) is 12.1 Å². The van der Waals surface area contributed by atoms with Crippen LogP contribution in [0.4, 0.5) is 13.2 Å². The normalized spacial score (nSPS) is 16.1. The van der Waals surface area contributed by atoms with Gasteiger partial charge in [-0.2, -0.15) is 18.3 Å². The Morgan fingerprint density at radius 3 is 2.55 bits per heavy atom. The molecule has 0 radical (unpaired) electrons. The summed E-state index contributed by atoms with van der Waals surface area (Å²) < 4.78 is 46.3. The summed E-state index contributed by atoms with van der Waals surface area (Å²) in [6.45, 7) is 1.76. The molecule has 206 valence electrons. The van der Waals surface area contributed by atoms with Crippen LogP contribution >= 0.6 is 0 Å². The monoisotopic (exact) mass is 545 g/mol. The molecule has 0 bridgehead atoms. The molecule has 1 aliphatic heterocycles. The van der Waals surface area contributed by atoms with E-state index in [2.05, 4.69) is 21.8 Å². The second-order valence-electron chi connectivity index (χ2n) is 9.83. The molecule has 5 rings (SSSR count). The van der Waals surface area contributed by atoms with Crippen LogP contribution in [0.25, 0.3) is 23.0 Å². The van der Waals surface area contributed by atoms with E-state index in [0.717, 1.165) is 60.4 Å². The second kappa shape index (κ2) is 11.9. The minimum Gasteiger partial charge on any atom is -0.466 e. The van der Waals surface area contributed by atoms with E-state index in [1.54, 1.807) is 16.8 Å². The molecule has 0 aliphatic carbocycles. The van der Waals surface area contributed by atoms with E-state index < -0.39 is 17.7 Å². The molecule has 2 heterocycles. The molecule has 0 N–H and O–H groups in total. The topological polar surface area (TPSA) is 47.4 Å². The number of rotatable bonds is 8. The third-order valence-corrected chi connectivity index (χ3v) is 7.24. The molecule has 1 aliphatic rings. The van der Waals surface area contributed by atoms with Crippen LogP contribution in [-0.2, 0) is 22.1 Å². The molecule has 4 aromatic rings. The Morgan fingerprint density at radius 2 is 1.82 bits per heavy atom. The number of hydrogen-bond donors (Lipinski definition) is 0. The lowest BCUT2D eigenvalue weighted by Crippen LogP contribution is -2.25. The van der Waals surface area contributed by atoms with Crippen LogP contribution in [0.3, 0.4) is 0 Å². The number of benzene rings is 3. The average molecular weight is 546 g/mol. The maximum absolute atomic E-state index is 13.4. The van der Waals surface area contributed by atoms with Crippen molar-refractivity contribution in [2.45, 2.75) is 31.5 Å². The van der Waals surface area contributed by atoms with Crippen molar-refractivity contribution >= 4 is 12.0 Å². The molecule has 1 aromatic heterocycles. The number of carbonyl (C=O) groups excluding carboxylic acids is 1. The van der Waals surface area contributed by atoms with Gasteiger partial charge >= 0.3 is 12.1 Å². The maximum atomic E-state index is 13.4. The number of ether oxygens (including phenoxy) is 1. The van der Waals surface area contributed by atoms with Gasteiger partial charge in [0.2, 0.25) is 0 Å². The number of hydrogen-bond acceptors (Lipinski definition) is 4. The molecule has 0 spiro atoms. The fourth-order valence-corrected chi connectivity index (χ4v) is 5.19. The molecule has 3 aromatic carbocycles. The molecular formula is C32H30F3N3O2. The largest absolute Gasteiger partial charge is 0.466 e. The van der Waals surface area contributed by atoms with Crippen LogP contribution in [0.5, 0.6) is 0 Å². The highest BCUT2D eigenvalue weighted by Crippen LogP contribution is 2.34. The van der Waals surface area contributed by atoms with Crippen molar-refractivity contribution < 1.29 is 22.7 Å². The number of aromatic nitrogens is 2. The molecule has 1 atom stereocenters. The maximum Gasteiger partial charge on any atom is 0.416 e. The lowest BCUT2D eigenvalue weighted by Gasteiger charge is -2.25. The minimum absolute atomic E-state index is 0.275. The molecule has 1 saturated heterocycles. The standard InChI is InChI=1S/C32H30F3N3O2/c1-40-30(39)17-14-23-12-15-24(16-13-23)29-11-6-19-37(29)20-18-26-22-38(36-31(26)25-7-3-2-4-8-25)28-10-5-9-27(21-28)32(33,34)35/h2-5,7-10,12-17,21-22,29H,6,11,18-20H2,1H3/b17-14+. The van der Waals surface area contributed by atoms with Gasteiger partial charge in [-0.3, -0.25) is 4.90 Å². The number of nitrogens with zero attached hydrogens (tertiary/aromatic N) is 3. The predicted molar refractivity (Wildman–Crippen MR) is 149 cm³/mol. The number of alkyl halides is 3. The van der Waals surface area contributed by atoms with Gasteiger partial charge in [-0.05, 0) is 66.8 Å². The second-order valence-corrected chi connectivity index (χ2v) is 9.83. The lowest BCUT2D eigenvalue weighted by atomic mass is 10.0. The van der Waals surface area contributed by atoms with Gasteiger partial charge in [-0.1, -0.05) is 60.7 Å². The number of esters is 1. The van der Waals surface area contributed by atoms with E-state index >= 15 is 0 Å². The van der Waals surface area contributed by atoms with Crippen molar-refractivity contribution in [1.29, 1.82) is 0 Å². The van der Waals surface area contributed by atoms with Crippen LogP contribution < -0.4 is 0 Å². The number of methoxy groups -OCH3 is 1. The Labute approximate surface area is 231 Å². The Morgan fingerprint density at radius 1 is 1.05 bits per heavy atom. The summed E-state index contributed by atoms with van der Waals surface area (Å²) in [5.41, 5.74) is 4.50. The average Bonchev–Trinajstić information content (AvgIpc) is 3.62. The third-order valence-electron chi connectivity index (χ3n) is 7.24. The summed E-state index contributed by atoms with van der Waals surface area (Å²) in [4.78, 5) is 13.8. The predicted octanol–water partition coefficient (Wildman–Crippen LogP) is 7.12. The fourth-order valence-electron chi connectivity index (χ4n) is 5.19. The van der Waals surface area contributed by atoms with Crippen LogP contribution in [-0.4, -0.2) is 40.8 Å². The first-order chi connectivity index (χ1) is 19.3. The Hall–Kier alpha value is -4.17. The first-order valence-electron chi connectivity index (χ1n) is 13.2. The van der Waals surface area contributed by atoms with Gasteiger partial charge in [-0.25, -0.2) is 9.48 Å². The van der Waals surface area contributed by atoms with Crippen LogP contribution in [0.15, 0.2) is 91.1 Å². The van der Waals surface area contributed by atoms with E-state index in [4.69, 9.17) is 5.10 Å². The van der Waals surface area contributed by atoms with E-state index in [9.17, 15) is 18.0 Å². The molecule has 8 heteroatoms. The third kappa shape index (κ3) is 6.34. The van der Waals surface area contributed by atoms with Crippen molar-refractivity contribution in [3.8, 4) is 16.9 Å². The number of likely N-dealkylation sites (tertiary alicyclic amines) is 1. The number of carbonyl (C=O) groups is 1. The smallest absolute Gasteiger partial charge is 0.416 e. The molecular weight excluding hydrogens is 515 g/mol. The van der Waals surface area contributed by atoms with Crippen LogP contribution in [0, 0.1) is 0 Å². The van der Waals surface area contributed by atoms with E-state index in [-0.39, 0.29) is 6.04 Å². The molecule has 40 heavy (non-hydrogen) atoms. The zero-order chi connectivity index (χ0) is 28.1. The summed E-state index contributed by atoms with van der Waals surface area (Å²) in [6, 6.07) is 23.5. The first-order valence-corrected chi connectivity index (χ1v) is 13.2. The first kappa shape index (κ1) is 27.4. The summed E-state index contributed by atoms with van der Waals surface area (Å²) >= 11 is 0. The Balaban J connectivity index is 1.36. The van der Waals surface area contributed by atoms with Crippen LogP contribution in [0.2, 0.25) is 0 Å². The highest BCUT2D eigenvalue weighted by molar-refractivity contribution is 5.86. The molecule has 1 unspecified atom stereocenters. The fraction of sp³-hybridized carbons (Fsp3) is 0.250. The van der Waals surface area contributed by atoms with Gasteiger partial charge in [0.05, 0.1) is 24.1 Å². The van der Waals surface area contributed by atoms with Crippen molar-refractivity contribution in [2.75, 3.05) is 20.2 Å². The summed E-state index contributed by atoms with van der Waals surface area (Å²) in [6.07, 6.45) is 3.41. The zero-order valence-electron chi connectivity index (χ0n) is 22.1. The Kier molecular flexibility index (Phi) is 8.16. The Bertz CT molecular complexity index is 1480. The number of halogens is 3. The molecule has 0 saturated carbocycles. The highest BCUT2D eigenvalue weighted by Gasteiger charge is 2.31. The summed E-state index contributed by atoms with van der Waals surface area (Å²) in [5, 5.41) is 4.73. The van der Waals surface area contributed by atoms with Gasteiger partial charge in [0.15, 0.2) is 0 Å². The van der Waals surface area contributed by atoms with E-state index in [1.807, 2.05) is 48.7 Å². The van der Waals surface area contributed by atoms with Gasteiger partial charge < -0.3 is 4.74 Å². The van der Waals surface area contributed by atoms with Gasteiger partial charge in [0.1, 0.15) is 0 Å². The summed E-state index contributed by atoms with van der Waals surface area (Å²) in [7, 11) is 1.35. The van der Waals surface area contributed by atoms with Crippen molar-refractivity contribution in [3.05, 3.63) is 113 Å². The van der Waals surface area contributed by atoms with Gasteiger partial charge in [0, 0.05) is 30.4 Å². The van der Waals surface area contributed by atoms with E-state index in [1.165, 1.54) is 24.8 Å². The quantitative estimate of drug-likeness (QED) is 0.175. The van der Waals surface area contributed by atoms with Crippen molar-refractivity contribution in [1.82, 2.24) is 14.7 Å². The highest BCUT2D eigenvalue weighted by atomic mass is 19.4. The molecule has 0 amide bonds. The summed E-state index contributed by atoms with van der Waals surface area (Å²) in [5.74, 6) is -0.391. The zero-order valence-corrected chi connectivity index (χ0v) is 22.1.